The van der Waals surface area contributed by atoms with E-state index in [0.29, 0.717) is 0 Å². The van der Waals surface area contributed by atoms with Gasteiger partial charge in [-0.1, -0.05) is 77.7 Å². The highest BCUT2D eigenvalue weighted by molar-refractivity contribution is 8.02. The first-order valence-corrected chi connectivity index (χ1v) is 21.9. The van der Waals surface area contributed by atoms with E-state index >= 15 is 35.1 Å². The van der Waals surface area contributed by atoms with Gasteiger partial charge < -0.3 is 0 Å². The first-order chi connectivity index (χ1) is 33.1. The quantitative estimate of drug-likeness (QED) is 0.0456. The van der Waals surface area contributed by atoms with Gasteiger partial charge in [0.05, 0.1) is 4.21 Å². The van der Waals surface area contributed by atoms with Gasteiger partial charge >= 0.3 is 0 Å². The third kappa shape index (κ3) is 8.56. The van der Waals surface area contributed by atoms with Gasteiger partial charge in [0.25, 0.3) is 0 Å². The van der Waals surface area contributed by atoms with Crippen LogP contribution in [0.5, 0.6) is 0 Å². The van der Waals surface area contributed by atoms with E-state index in [1.807, 2.05) is 23.1 Å². The second kappa shape index (κ2) is 20.1. The summed E-state index contributed by atoms with van der Waals surface area (Å²) >= 11 is 3.74. The van der Waals surface area contributed by atoms with Crippen molar-refractivity contribution in [3.63, 3.8) is 0 Å². The fraction of sp³-hybridized carbons (Fsp3) is 0. The molecule has 1 heterocycles. The molecule has 8 aromatic rings. The first-order valence-electron chi connectivity index (χ1n) is 19.0. The zero-order valence-electron chi connectivity index (χ0n) is 33.7. The fourth-order valence-corrected chi connectivity index (χ4v) is 12.4. The lowest BCUT2D eigenvalue weighted by molar-refractivity contribution is 0.378. The van der Waals surface area contributed by atoms with Crippen molar-refractivity contribution in [2.24, 2.45) is 0 Å². The van der Waals surface area contributed by atoms with Crippen LogP contribution in [0.1, 0.15) is 0 Å². The van der Waals surface area contributed by atoms with Crippen LogP contribution in [0.2, 0.25) is 0 Å². The van der Waals surface area contributed by atoms with E-state index in [0.717, 1.165) is 0 Å². The molecule has 70 heavy (non-hydrogen) atoms. The summed E-state index contributed by atoms with van der Waals surface area (Å²) in [6.07, 6.45) is -7.22. The van der Waals surface area contributed by atoms with Crippen LogP contribution in [0.3, 0.4) is 0 Å². The van der Waals surface area contributed by atoms with E-state index in [1.165, 1.54) is 23.1 Å². The Morgan fingerprint density at radius 3 is 0.800 bits per heavy atom. The first kappa shape index (κ1) is 51.5. The Morgan fingerprint density at radius 2 is 0.529 bits per heavy atom. The molecule has 0 radical (unpaired) electrons. The fourth-order valence-electron chi connectivity index (χ4n) is 7.43. The maximum atomic E-state index is 15.4. The molecule has 0 saturated carbocycles. The third-order valence-electron chi connectivity index (χ3n) is 10.4. The van der Waals surface area contributed by atoms with Crippen molar-refractivity contribution in [1.82, 2.24) is 0 Å². The Labute approximate surface area is 391 Å². The lowest BCUT2D eigenvalue weighted by Crippen LogP contribution is -2.81. The predicted octanol–water partition coefficient (Wildman–Crippen LogP) is 12.8. The molecule has 0 amide bonds. The molecular weight excluding hydrogens is 1040 g/mol. The Hall–Kier alpha value is -6.40. The van der Waals surface area contributed by atoms with Crippen molar-refractivity contribution < 1.29 is 87.8 Å². The van der Waals surface area contributed by atoms with Crippen molar-refractivity contribution in [2.75, 3.05) is 0 Å². The summed E-state index contributed by atoms with van der Waals surface area (Å²) in [6, 6.07) is 36.8. The van der Waals surface area contributed by atoms with Crippen molar-refractivity contribution in [1.29, 1.82) is 0 Å². The zero-order valence-corrected chi connectivity index (χ0v) is 36.1. The highest BCUT2D eigenvalue weighted by Crippen LogP contribution is 2.40. The Morgan fingerprint density at radius 1 is 0.286 bits per heavy atom. The molecule has 1 aromatic heterocycles. The van der Waals surface area contributed by atoms with E-state index in [4.69, 9.17) is 0 Å². The Kier molecular flexibility index (Phi) is 14.8. The molecule has 0 atom stereocenters. The minimum Gasteiger partial charge on any atom is -0.207 e. The maximum absolute atomic E-state index is 15.4. The molecule has 0 aliphatic rings. The Bertz CT molecular complexity index is 2880. The van der Waals surface area contributed by atoms with Crippen molar-refractivity contribution in [3.05, 3.63) is 219 Å². The summed E-state index contributed by atoms with van der Waals surface area (Å²) in [7, 11) is -0.0466. The maximum Gasteiger partial charge on any atom is 0.221 e. The Balaban J connectivity index is 0.000000242. The van der Waals surface area contributed by atoms with Crippen LogP contribution < -0.4 is 21.9 Å². The highest BCUT2D eigenvalue weighted by Gasteiger charge is 2.52. The second-order valence-electron chi connectivity index (χ2n) is 14.2. The van der Waals surface area contributed by atoms with E-state index in [1.54, 1.807) is 0 Å². The van der Waals surface area contributed by atoms with E-state index < -0.39 is 144 Å². The summed E-state index contributed by atoms with van der Waals surface area (Å²) in [5, 5.41) is 0. The molecule has 0 saturated heterocycles. The van der Waals surface area contributed by atoms with Crippen LogP contribution in [0.15, 0.2) is 126 Å². The molecule has 0 fully saturated rings. The topological polar surface area (TPSA) is 0 Å². The van der Waals surface area contributed by atoms with E-state index in [2.05, 4.69) is 103 Å². The number of hydrogen-bond acceptors (Lipinski definition) is 2. The van der Waals surface area contributed by atoms with Crippen LogP contribution in [0.25, 0.3) is 0 Å². The van der Waals surface area contributed by atoms with Gasteiger partial charge in [-0.05, 0) is 42.5 Å². The summed E-state index contributed by atoms with van der Waals surface area (Å²) < 4.78 is 297. The molecule has 0 unspecified atom stereocenters. The number of thiophene rings is 1. The van der Waals surface area contributed by atoms with Crippen molar-refractivity contribution in [3.8, 4) is 0 Å². The molecule has 0 N–H and O–H groups in total. The largest absolute Gasteiger partial charge is 0.221 e. The average molecular weight is 1060 g/mol. The molecular formula is C46H17BF20S3. The molecule has 24 heteroatoms. The van der Waals surface area contributed by atoms with Crippen LogP contribution in [-0.4, -0.2) is 6.15 Å². The lowest BCUT2D eigenvalue weighted by atomic mass is 9.12. The van der Waals surface area contributed by atoms with Crippen LogP contribution >= 0.6 is 23.1 Å². The number of hydrogen-bond donors (Lipinski definition) is 0. The van der Waals surface area contributed by atoms with Crippen LogP contribution in [-0.2, 0) is 10.9 Å². The van der Waals surface area contributed by atoms with Gasteiger partial charge in [0.15, 0.2) is 79.6 Å². The lowest BCUT2D eigenvalue weighted by Gasteiger charge is -2.44. The summed E-state index contributed by atoms with van der Waals surface area (Å²) in [6.45, 7) is 0. The molecule has 8 rings (SSSR count). The molecule has 0 aliphatic carbocycles. The van der Waals surface area contributed by atoms with Crippen molar-refractivity contribution in [2.45, 2.75) is 23.1 Å². The SMILES string of the molecule is Fc1c(F)c(F)c([B-](c2c(F)c(F)c(F)c(F)c2F)(c2c(F)c(F)c(F)c(F)c2F)c2c(F)c(F)c(F)c(F)c2F)c(F)c1F.c1ccc(Sc2ccc([S+](c3ccccc3)c3ccccc3)s2)cc1. The molecule has 0 nitrogen and oxygen atoms in total. The number of halogens is 20. The van der Waals surface area contributed by atoms with E-state index in [-0.39, 0.29) is 10.9 Å². The molecule has 0 bridgehead atoms. The summed E-state index contributed by atoms with van der Waals surface area (Å²) in [5.74, 6) is -71.4. The highest BCUT2D eigenvalue weighted by atomic mass is 32.2. The summed E-state index contributed by atoms with van der Waals surface area (Å²) in [4.78, 5) is 4.02. The smallest absolute Gasteiger partial charge is 0.207 e. The van der Waals surface area contributed by atoms with E-state index in [9.17, 15) is 52.7 Å². The van der Waals surface area contributed by atoms with Gasteiger partial charge in [0, 0.05) is 11.0 Å². The zero-order chi connectivity index (χ0) is 51.3. The van der Waals surface area contributed by atoms with Gasteiger partial charge in [0.1, 0.15) is 63.6 Å². The van der Waals surface area contributed by atoms with Crippen LogP contribution in [0, 0.1) is 116 Å². The molecule has 7 aromatic carbocycles. The third-order valence-corrected chi connectivity index (χ3v) is 15.2. The predicted molar refractivity (Wildman–Crippen MR) is 219 cm³/mol. The second-order valence-corrected chi connectivity index (χ2v) is 18.9. The standard InChI is InChI=1S/C24BF20.C22H17S3/c26-5-1(6(27)14(35)21(42)13(5)34)25(2-7(28)15(36)22(43)16(37)8(2)29,3-9(30)17(38)23(44)18(39)10(3)31)4-11(32)19(40)24(45)20(41)12(4)33;1-4-10-18(11-5-1)23-21-16-17-22(24-21)25(19-12-6-2-7-13-19)20-14-8-3-9-15-20/h;1-17H/q-1;+1. The van der Waals surface area contributed by atoms with Gasteiger partial charge in [-0.2, -0.15) is 0 Å². The van der Waals surface area contributed by atoms with Crippen molar-refractivity contribution >= 4 is 62.0 Å². The molecule has 0 aliphatic heterocycles. The molecule has 0 spiro atoms. The minimum absolute atomic E-state index is 0.0466. The van der Waals surface area contributed by atoms with Gasteiger partial charge in [0.2, 0.25) is 4.21 Å². The number of rotatable bonds is 9. The average Bonchev–Trinajstić information content (AvgIpc) is 3.82. The van der Waals surface area contributed by atoms with Gasteiger partial charge in [-0.15, -0.1) is 21.9 Å². The van der Waals surface area contributed by atoms with Crippen LogP contribution in [0.4, 0.5) is 87.8 Å². The normalized spacial score (nSPS) is 11.6. The monoisotopic (exact) mass is 1060 g/mol. The number of benzene rings is 7. The summed E-state index contributed by atoms with van der Waals surface area (Å²) in [5.41, 5.74) is -14.3. The molecule has 362 valence electrons. The van der Waals surface area contributed by atoms with Gasteiger partial charge in [-0.25, -0.2) is 87.8 Å². The van der Waals surface area contributed by atoms with Gasteiger partial charge in [-0.3, -0.25) is 0 Å². The minimum atomic E-state index is -7.22.